The fourth-order valence-electron chi connectivity index (χ4n) is 1.44. The fourth-order valence-corrected chi connectivity index (χ4v) is 1.44. The molecule has 0 atom stereocenters. The lowest BCUT2D eigenvalue weighted by atomic mass is 10.1. The molecule has 0 radical (unpaired) electrons. The zero-order valence-corrected chi connectivity index (χ0v) is 12.0. The molecule has 0 saturated carbocycles. The summed E-state index contributed by atoms with van der Waals surface area (Å²) >= 11 is 0. The van der Waals surface area contributed by atoms with Gasteiger partial charge in [-0.25, -0.2) is 0 Å². The predicted octanol–water partition coefficient (Wildman–Crippen LogP) is 2.77. The topological polar surface area (TPSA) is 29.5 Å². The second-order valence-electron chi connectivity index (χ2n) is 5.64. The molecule has 0 bridgehead atoms. The minimum absolute atomic E-state index is 0.00509. The van der Waals surface area contributed by atoms with Crippen molar-refractivity contribution in [2.75, 3.05) is 13.7 Å². The van der Waals surface area contributed by atoms with Gasteiger partial charge in [-0.05, 0) is 33.3 Å². The van der Waals surface area contributed by atoms with E-state index in [9.17, 15) is 4.79 Å². The summed E-state index contributed by atoms with van der Waals surface area (Å²) in [5, 5.41) is 0. The first-order chi connectivity index (χ1) is 8.28. The number of carbonyl (C=O) groups excluding carboxylic acids is 1. The van der Waals surface area contributed by atoms with Crippen molar-refractivity contribution in [1.82, 2.24) is 4.90 Å². The van der Waals surface area contributed by atoms with Crippen molar-refractivity contribution in [2.24, 2.45) is 0 Å². The number of carbonyl (C=O) groups is 1. The monoisotopic (exact) mass is 249 g/mol. The van der Waals surface area contributed by atoms with Crippen LogP contribution in [-0.4, -0.2) is 30.1 Å². The van der Waals surface area contributed by atoms with Crippen molar-refractivity contribution in [3.8, 4) is 0 Å². The molecule has 3 nitrogen and oxygen atoms in total. The second-order valence-corrected chi connectivity index (χ2v) is 5.64. The SMILES string of the molecule is Cc1ccc(CN(C)C(=O)COC(C)(C)C)cc1. The third-order valence-corrected chi connectivity index (χ3v) is 2.59. The Hall–Kier alpha value is -1.35. The Labute approximate surface area is 110 Å². The molecule has 0 aliphatic rings. The summed E-state index contributed by atoms with van der Waals surface area (Å²) in [6.45, 7) is 8.63. The van der Waals surface area contributed by atoms with Crippen molar-refractivity contribution >= 4 is 5.91 Å². The van der Waals surface area contributed by atoms with Gasteiger partial charge in [0.1, 0.15) is 6.61 Å². The normalized spacial score (nSPS) is 11.4. The lowest BCUT2D eigenvalue weighted by Crippen LogP contribution is -2.33. The van der Waals surface area contributed by atoms with Gasteiger partial charge >= 0.3 is 0 Å². The zero-order valence-electron chi connectivity index (χ0n) is 12.0. The zero-order chi connectivity index (χ0) is 13.8. The molecular weight excluding hydrogens is 226 g/mol. The van der Waals surface area contributed by atoms with Crippen molar-refractivity contribution in [1.29, 1.82) is 0 Å². The van der Waals surface area contributed by atoms with Crippen molar-refractivity contribution in [2.45, 2.75) is 39.8 Å². The van der Waals surface area contributed by atoms with Gasteiger partial charge in [-0.2, -0.15) is 0 Å². The fraction of sp³-hybridized carbons (Fsp3) is 0.533. The van der Waals surface area contributed by atoms with Crippen LogP contribution in [0.1, 0.15) is 31.9 Å². The Balaban J connectivity index is 2.47. The third-order valence-electron chi connectivity index (χ3n) is 2.59. The molecule has 18 heavy (non-hydrogen) atoms. The predicted molar refractivity (Wildman–Crippen MR) is 73.4 cm³/mol. The maximum atomic E-state index is 11.9. The van der Waals surface area contributed by atoms with E-state index in [1.807, 2.05) is 32.9 Å². The number of likely N-dealkylation sites (N-methyl/N-ethyl adjacent to an activating group) is 1. The molecular formula is C15H23NO2. The Morgan fingerprint density at radius 1 is 1.22 bits per heavy atom. The summed E-state index contributed by atoms with van der Waals surface area (Å²) in [7, 11) is 1.80. The Bertz CT molecular complexity index is 390. The van der Waals surface area contributed by atoms with E-state index < -0.39 is 0 Å². The molecule has 100 valence electrons. The van der Waals surface area contributed by atoms with Crippen LogP contribution in [0.2, 0.25) is 0 Å². The minimum Gasteiger partial charge on any atom is -0.366 e. The van der Waals surface area contributed by atoms with Gasteiger partial charge in [0.05, 0.1) is 5.60 Å². The second kappa shape index (κ2) is 6.01. The van der Waals surface area contributed by atoms with Crippen molar-refractivity contribution in [3.05, 3.63) is 35.4 Å². The van der Waals surface area contributed by atoms with E-state index in [4.69, 9.17) is 4.74 Å². The van der Waals surface area contributed by atoms with E-state index in [0.29, 0.717) is 6.54 Å². The van der Waals surface area contributed by atoms with Gasteiger partial charge in [-0.3, -0.25) is 4.79 Å². The maximum absolute atomic E-state index is 11.9. The number of hydrogen-bond donors (Lipinski definition) is 0. The van der Waals surface area contributed by atoms with Crippen molar-refractivity contribution < 1.29 is 9.53 Å². The first-order valence-electron chi connectivity index (χ1n) is 6.21. The molecule has 1 amide bonds. The molecule has 1 aromatic rings. The smallest absolute Gasteiger partial charge is 0.248 e. The van der Waals surface area contributed by atoms with Crippen LogP contribution >= 0.6 is 0 Å². The van der Waals surface area contributed by atoms with Crippen LogP contribution in [0.25, 0.3) is 0 Å². The highest BCUT2D eigenvalue weighted by molar-refractivity contribution is 5.77. The van der Waals surface area contributed by atoms with Gasteiger partial charge in [-0.1, -0.05) is 29.8 Å². The first kappa shape index (κ1) is 14.7. The average Bonchev–Trinajstić information content (AvgIpc) is 2.28. The lowest BCUT2D eigenvalue weighted by molar-refractivity contribution is -0.140. The number of aryl methyl sites for hydroxylation is 1. The summed E-state index contributed by atoms with van der Waals surface area (Å²) < 4.78 is 5.48. The summed E-state index contributed by atoms with van der Waals surface area (Å²) in [6, 6.07) is 8.20. The third kappa shape index (κ3) is 5.32. The number of rotatable bonds is 4. The van der Waals surface area contributed by atoms with Gasteiger partial charge in [0.15, 0.2) is 0 Å². The Kier molecular flexibility index (Phi) is 4.91. The van der Waals surface area contributed by atoms with Crippen LogP contribution in [0.4, 0.5) is 0 Å². The van der Waals surface area contributed by atoms with E-state index in [2.05, 4.69) is 19.1 Å². The Morgan fingerprint density at radius 3 is 2.28 bits per heavy atom. The van der Waals surface area contributed by atoms with E-state index >= 15 is 0 Å². The number of nitrogens with zero attached hydrogens (tertiary/aromatic N) is 1. The molecule has 0 aromatic heterocycles. The van der Waals surface area contributed by atoms with Gasteiger partial charge < -0.3 is 9.64 Å². The first-order valence-corrected chi connectivity index (χ1v) is 6.21. The molecule has 0 spiro atoms. The molecule has 0 aliphatic carbocycles. The standard InChI is InChI=1S/C15H23NO2/c1-12-6-8-13(9-7-12)10-16(5)14(17)11-18-15(2,3)4/h6-9H,10-11H2,1-5H3. The number of benzene rings is 1. The molecule has 0 aliphatic heterocycles. The van der Waals surface area contributed by atoms with Crippen LogP contribution < -0.4 is 0 Å². The molecule has 0 fully saturated rings. The maximum Gasteiger partial charge on any atom is 0.248 e. The summed E-state index contributed by atoms with van der Waals surface area (Å²) in [6.07, 6.45) is 0. The molecule has 0 heterocycles. The minimum atomic E-state index is -0.277. The largest absolute Gasteiger partial charge is 0.366 e. The lowest BCUT2D eigenvalue weighted by Gasteiger charge is -2.22. The number of amides is 1. The Morgan fingerprint density at radius 2 is 1.78 bits per heavy atom. The van der Waals surface area contributed by atoms with E-state index in [-0.39, 0.29) is 18.1 Å². The number of ether oxygens (including phenoxy) is 1. The van der Waals surface area contributed by atoms with Crippen LogP contribution in [0, 0.1) is 6.92 Å². The average molecular weight is 249 g/mol. The van der Waals surface area contributed by atoms with Crippen molar-refractivity contribution in [3.63, 3.8) is 0 Å². The van der Waals surface area contributed by atoms with Crippen LogP contribution in [0.5, 0.6) is 0 Å². The highest BCUT2D eigenvalue weighted by Crippen LogP contribution is 2.09. The summed E-state index contributed by atoms with van der Waals surface area (Å²) in [5.74, 6) is 0.00509. The van der Waals surface area contributed by atoms with Crippen LogP contribution in [0.15, 0.2) is 24.3 Å². The quantitative estimate of drug-likeness (QED) is 0.821. The summed E-state index contributed by atoms with van der Waals surface area (Å²) in [4.78, 5) is 13.6. The molecule has 0 N–H and O–H groups in total. The number of hydrogen-bond acceptors (Lipinski definition) is 2. The molecule has 1 aromatic carbocycles. The molecule has 0 saturated heterocycles. The molecule has 1 rings (SSSR count). The van der Waals surface area contributed by atoms with Gasteiger partial charge in [0.2, 0.25) is 5.91 Å². The van der Waals surface area contributed by atoms with Gasteiger partial charge in [0, 0.05) is 13.6 Å². The van der Waals surface area contributed by atoms with Crippen LogP contribution in [-0.2, 0) is 16.1 Å². The molecule has 0 unspecified atom stereocenters. The van der Waals surface area contributed by atoms with Gasteiger partial charge in [-0.15, -0.1) is 0 Å². The highest BCUT2D eigenvalue weighted by Gasteiger charge is 2.15. The van der Waals surface area contributed by atoms with E-state index in [0.717, 1.165) is 5.56 Å². The van der Waals surface area contributed by atoms with E-state index in [1.165, 1.54) is 5.56 Å². The summed E-state index contributed by atoms with van der Waals surface area (Å²) in [5.41, 5.74) is 2.08. The highest BCUT2D eigenvalue weighted by atomic mass is 16.5. The van der Waals surface area contributed by atoms with Gasteiger partial charge in [0.25, 0.3) is 0 Å². The molecule has 3 heteroatoms. The van der Waals surface area contributed by atoms with E-state index in [1.54, 1.807) is 11.9 Å². The van der Waals surface area contributed by atoms with Crippen LogP contribution in [0.3, 0.4) is 0 Å².